The van der Waals surface area contributed by atoms with Crippen LogP contribution in [0.3, 0.4) is 0 Å². The second-order valence-electron chi connectivity index (χ2n) is 8.01. The number of Topliss-reactive ketones (excluding diaryl/α,β-unsaturated/α-hetero) is 1. The second kappa shape index (κ2) is 6.39. The highest BCUT2D eigenvalue weighted by atomic mass is 18.2. The highest BCUT2D eigenvalue weighted by Gasteiger charge is 2.45. The van der Waals surface area contributed by atoms with Crippen LogP contribution in [0.15, 0.2) is 30.1 Å². The molecule has 0 aromatic heterocycles. The predicted octanol–water partition coefficient (Wildman–Crippen LogP) is 4.31. The zero-order chi connectivity index (χ0) is 21.2. The number of ether oxygens (including phenoxy) is 5. The molecule has 2 atom stereocenters. The molecule has 0 N–H and O–H groups in total. The molecule has 3 heterocycles. The molecule has 2 aromatic carbocycles. The Labute approximate surface area is 173 Å². The van der Waals surface area contributed by atoms with E-state index < -0.39 is 23.4 Å². The van der Waals surface area contributed by atoms with Crippen molar-refractivity contribution in [2.24, 2.45) is 0 Å². The smallest absolute Gasteiger partial charge is 0.178 e. The number of carbonyl (C=O) groups is 1. The van der Waals surface area contributed by atoms with E-state index in [-0.39, 0.29) is 12.4 Å². The fourth-order valence-electron chi connectivity index (χ4n) is 4.20. The van der Waals surface area contributed by atoms with E-state index in [1.54, 1.807) is 45.2 Å². The number of fused-ring (bicyclic) bond motifs is 6. The minimum Gasteiger partial charge on any atom is -0.493 e. The first-order chi connectivity index (χ1) is 14.3. The topological polar surface area (TPSA) is 63.2 Å². The summed E-state index contributed by atoms with van der Waals surface area (Å²) >= 11 is 0. The summed E-state index contributed by atoms with van der Waals surface area (Å²) in [6, 6.07) is 6.83. The minimum absolute atomic E-state index is 0.112. The number of ketones is 1. The molecule has 0 amide bonds. The molecule has 30 heavy (non-hydrogen) atoms. The molecule has 0 aliphatic carbocycles. The van der Waals surface area contributed by atoms with E-state index in [1.165, 1.54) is 13.2 Å². The Balaban J connectivity index is 1.62. The molecule has 5 rings (SSSR count). The van der Waals surface area contributed by atoms with E-state index in [0.717, 1.165) is 0 Å². The maximum atomic E-state index is 14.5. The van der Waals surface area contributed by atoms with Crippen LogP contribution in [0.25, 0.3) is 6.08 Å². The van der Waals surface area contributed by atoms with E-state index in [9.17, 15) is 9.18 Å². The molecule has 156 valence electrons. The lowest BCUT2D eigenvalue weighted by Crippen LogP contribution is -2.43. The lowest BCUT2D eigenvalue weighted by atomic mass is 9.81. The Hall–Kier alpha value is -3.22. The summed E-state index contributed by atoms with van der Waals surface area (Å²) in [5.41, 5.74) is 0.445. The van der Waals surface area contributed by atoms with E-state index in [4.69, 9.17) is 23.7 Å². The van der Waals surface area contributed by atoms with Crippen molar-refractivity contribution in [3.63, 3.8) is 0 Å². The summed E-state index contributed by atoms with van der Waals surface area (Å²) in [6.45, 7) is 3.48. The van der Waals surface area contributed by atoms with Gasteiger partial charge in [-0.1, -0.05) is 0 Å². The summed E-state index contributed by atoms with van der Waals surface area (Å²) in [5.74, 6) is 1.30. The van der Waals surface area contributed by atoms with Gasteiger partial charge in [0.1, 0.15) is 35.8 Å². The number of rotatable bonds is 2. The SMILES string of the molecule is COc1cc2c(cc1OC)[C@@H]1C(=O)c3ccc4c(c3O[C@@H]1CO2)C=C([18F])C(C)(C)O4. The van der Waals surface area contributed by atoms with Gasteiger partial charge in [0, 0.05) is 11.6 Å². The van der Waals surface area contributed by atoms with Gasteiger partial charge in [0.2, 0.25) is 0 Å². The average molecular weight is 411 g/mol. The van der Waals surface area contributed by atoms with Gasteiger partial charge >= 0.3 is 0 Å². The van der Waals surface area contributed by atoms with Crippen LogP contribution in [0.2, 0.25) is 0 Å². The zero-order valence-electron chi connectivity index (χ0n) is 17.1. The number of hydrogen-bond donors (Lipinski definition) is 0. The fourth-order valence-corrected chi connectivity index (χ4v) is 4.20. The third-order valence-corrected chi connectivity index (χ3v) is 5.81. The van der Waals surface area contributed by atoms with Crippen LogP contribution < -0.4 is 23.7 Å². The molecule has 3 aliphatic rings. The largest absolute Gasteiger partial charge is 0.493 e. The quantitative estimate of drug-likeness (QED) is 0.734. The van der Waals surface area contributed by atoms with Crippen molar-refractivity contribution in [3.05, 3.63) is 46.8 Å². The van der Waals surface area contributed by atoms with Crippen LogP contribution in [-0.4, -0.2) is 38.3 Å². The molecule has 0 fully saturated rings. The Bertz CT molecular complexity index is 1100. The van der Waals surface area contributed by atoms with Crippen LogP contribution in [0, 0.1) is 0 Å². The first-order valence-corrected chi connectivity index (χ1v) is 9.67. The average Bonchev–Trinajstić information content (AvgIpc) is 2.73. The summed E-state index contributed by atoms with van der Waals surface area (Å²) < 4.78 is 43.1. The second-order valence-corrected chi connectivity index (χ2v) is 8.01. The third-order valence-electron chi connectivity index (χ3n) is 5.81. The summed E-state index contributed by atoms with van der Waals surface area (Å²) in [6.07, 6.45) is 0.838. The zero-order valence-corrected chi connectivity index (χ0v) is 17.1. The van der Waals surface area contributed by atoms with Crippen molar-refractivity contribution in [3.8, 4) is 28.7 Å². The standard InChI is InChI=1S/C23H21FO6/c1-23(2)19(24)8-13-14(30-23)6-5-11-21(25)20-12-7-16(26-3)17(27-4)9-15(12)28-10-18(20)29-22(11)13/h5-9,18,20H,10H2,1-4H3/t18-,20+/m1/s1/i24-1. The van der Waals surface area contributed by atoms with Crippen LogP contribution in [0.5, 0.6) is 28.7 Å². The maximum absolute atomic E-state index is 14.5. The van der Waals surface area contributed by atoms with Gasteiger partial charge in [-0.2, -0.15) is 0 Å². The Morgan fingerprint density at radius 1 is 1.10 bits per heavy atom. The van der Waals surface area contributed by atoms with Crippen LogP contribution in [0.1, 0.15) is 41.3 Å². The van der Waals surface area contributed by atoms with E-state index >= 15 is 0 Å². The van der Waals surface area contributed by atoms with Gasteiger partial charge < -0.3 is 23.7 Å². The highest BCUT2D eigenvalue weighted by Crippen LogP contribution is 2.50. The molecule has 0 bridgehead atoms. The molecule has 7 heteroatoms. The van der Waals surface area contributed by atoms with E-state index in [1.807, 2.05) is 0 Å². The van der Waals surface area contributed by atoms with Crippen molar-refractivity contribution < 1.29 is 32.9 Å². The van der Waals surface area contributed by atoms with Gasteiger partial charge in [-0.05, 0) is 38.1 Å². The molecule has 0 saturated carbocycles. The molecule has 0 radical (unpaired) electrons. The van der Waals surface area contributed by atoms with Crippen LogP contribution in [-0.2, 0) is 0 Å². The first kappa shape index (κ1) is 18.8. The number of carbonyl (C=O) groups excluding carboxylic acids is 1. The number of hydrogen-bond acceptors (Lipinski definition) is 6. The van der Waals surface area contributed by atoms with Gasteiger partial charge in [-0.25, -0.2) is 4.39 Å². The molecule has 0 spiro atoms. The molecule has 0 unspecified atom stereocenters. The Kier molecular flexibility index (Phi) is 4.00. The van der Waals surface area contributed by atoms with Crippen molar-refractivity contribution in [1.82, 2.24) is 0 Å². The lowest BCUT2D eigenvalue weighted by molar-refractivity contribution is 0.0549. The minimum atomic E-state index is -1.06. The van der Waals surface area contributed by atoms with E-state index in [0.29, 0.717) is 45.4 Å². The Morgan fingerprint density at radius 2 is 1.83 bits per heavy atom. The normalized spacial score (nSPS) is 22.7. The third kappa shape index (κ3) is 2.57. The molecular weight excluding hydrogens is 390 g/mol. The van der Waals surface area contributed by atoms with Gasteiger partial charge in [0.25, 0.3) is 0 Å². The van der Waals surface area contributed by atoms with Crippen LogP contribution in [0.4, 0.5) is 4.39 Å². The lowest BCUT2D eigenvalue weighted by Gasteiger charge is -2.39. The van der Waals surface area contributed by atoms with Gasteiger partial charge in [0.15, 0.2) is 22.9 Å². The summed E-state index contributed by atoms with van der Waals surface area (Å²) in [5, 5.41) is 0. The first-order valence-electron chi connectivity index (χ1n) is 9.67. The molecule has 6 nitrogen and oxygen atoms in total. The van der Waals surface area contributed by atoms with Crippen LogP contribution >= 0.6 is 0 Å². The molecule has 2 aromatic rings. The monoisotopic (exact) mass is 411 g/mol. The molecular formula is C23H21FO6. The van der Waals surface area contributed by atoms with Gasteiger partial charge in [0.05, 0.1) is 31.3 Å². The molecule has 0 saturated heterocycles. The van der Waals surface area contributed by atoms with Gasteiger partial charge in [-0.15, -0.1) is 0 Å². The van der Waals surface area contributed by atoms with Gasteiger partial charge in [-0.3, -0.25) is 4.79 Å². The number of benzene rings is 2. The number of methoxy groups -OCH3 is 2. The van der Waals surface area contributed by atoms with Crippen molar-refractivity contribution in [2.45, 2.75) is 31.5 Å². The van der Waals surface area contributed by atoms with Crippen molar-refractivity contribution in [2.75, 3.05) is 20.8 Å². The van der Waals surface area contributed by atoms with Crippen molar-refractivity contribution in [1.29, 1.82) is 0 Å². The maximum Gasteiger partial charge on any atom is 0.178 e. The summed E-state index contributed by atoms with van der Waals surface area (Å²) in [4.78, 5) is 13.5. The van der Waals surface area contributed by atoms with E-state index in [2.05, 4.69) is 0 Å². The Morgan fingerprint density at radius 3 is 2.57 bits per heavy atom. The predicted molar refractivity (Wildman–Crippen MR) is 107 cm³/mol. The molecule has 3 aliphatic heterocycles. The highest BCUT2D eigenvalue weighted by molar-refractivity contribution is 6.06. The fraction of sp³-hybridized carbons (Fsp3) is 0.348. The summed E-state index contributed by atoms with van der Waals surface area (Å²) in [7, 11) is 3.08. The number of halogens is 1. The van der Waals surface area contributed by atoms with Crippen molar-refractivity contribution >= 4 is 11.9 Å².